The fraction of sp³-hybridized carbons (Fsp3) is 0.167. The zero-order chi connectivity index (χ0) is 18.0. The normalized spacial score (nSPS) is 10.6. The second-order valence-corrected chi connectivity index (χ2v) is 5.90. The molecule has 3 rings (SSSR count). The van der Waals surface area contributed by atoms with Gasteiger partial charge in [0.15, 0.2) is 0 Å². The van der Waals surface area contributed by atoms with Gasteiger partial charge in [-0.2, -0.15) is 0 Å². The fourth-order valence-electron chi connectivity index (χ4n) is 2.51. The minimum absolute atomic E-state index is 0.164. The Morgan fingerprint density at radius 3 is 2.76 bits per heavy atom. The van der Waals surface area contributed by atoms with Gasteiger partial charge in [0.05, 0.1) is 17.8 Å². The number of hydrogen-bond acceptors (Lipinski definition) is 4. The molecule has 0 aliphatic heterocycles. The third-order valence-electron chi connectivity index (χ3n) is 3.82. The van der Waals surface area contributed by atoms with Crippen molar-refractivity contribution in [2.24, 2.45) is 0 Å². The monoisotopic (exact) mass is 337 g/mol. The lowest BCUT2D eigenvalue weighted by atomic mass is 10.2. The van der Waals surface area contributed by atoms with Crippen molar-refractivity contribution in [2.45, 2.75) is 6.54 Å². The molecule has 0 aliphatic carbocycles. The van der Waals surface area contributed by atoms with Gasteiger partial charge in [0.25, 0.3) is 5.91 Å². The summed E-state index contributed by atoms with van der Waals surface area (Å²) in [4.78, 5) is 30.0. The highest BCUT2D eigenvalue weighted by Gasteiger charge is 2.13. The quantitative estimate of drug-likeness (QED) is 0.716. The molecule has 0 saturated carbocycles. The molecule has 2 amide bonds. The van der Waals surface area contributed by atoms with Gasteiger partial charge in [-0.15, -0.1) is 0 Å². The number of amides is 2. The van der Waals surface area contributed by atoms with Crippen LogP contribution in [0.25, 0.3) is 10.9 Å². The highest BCUT2D eigenvalue weighted by atomic mass is 16.2. The number of nitrogen functional groups attached to an aromatic ring is 1. The van der Waals surface area contributed by atoms with Gasteiger partial charge in [0.2, 0.25) is 0 Å². The van der Waals surface area contributed by atoms with Crippen molar-refractivity contribution in [3.8, 4) is 0 Å². The molecule has 0 fully saturated rings. The molecular weight excluding hydrogens is 318 g/mol. The average molecular weight is 337 g/mol. The molecule has 3 aromatic rings. The Morgan fingerprint density at radius 2 is 2.00 bits per heavy atom. The number of hydrogen-bond donors (Lipinski definition) is 2. The number of benzene rings is 1. The molecule has 3 N–H and O–H groups in total. The lowest BCUT2D eigenvalue weighted by Gasteiger charge is -2.12. The molecule has 0 spiro atoms. The van der Waals surface area contributed by atoms with Gasteiger partial charge in [-0.3, -0.25) is 14.3 Å². The first-order valence-corrected chi connectivity index (χ1v) is 7.77. The number of carbonyl (C=O) groups is 2. The highest BCUT2D eigenvalue weighted by molar-refractivity contribution is 6.02. The summed E-state index contributed by atoms with van der Waals surface area (Å²) in [5.41, 5.74) is 8.33. The van der Waals surface area contributed by atoms with Crippen LogP contribution in [-0.2, 0) is 6.54 Å². The predicted octanol–water partition coefficient (Wildman–Crippen LogP) is 2.08. The number of aromatic nitrogens is 2. The molecular formula is C18H19N5O2. The summed E-state index contributed by atoms with van der Waals surface area (Å²) < 4.78 is 1.58. The highest BCUT2D eigenvalue weighted by Crippen LogP contribution is 2.20. The van der Waals surface area contributed by atoms with E-state index in [2.05, 4.69) is 10.3 Å². The summed E-state index contributed by atoms with van der Waals surface area (Å²) in [5, 5.41) is 3.63. The van der Waals surface area contributed by atoms with Gasteiger partial charge in [-0.05, 0) is 36.4 Å². The predicted molar refractivity (Wildman–Crippen MR) is 96.2 cm³/mol. The molecule has 0 unspecified atom stereocenters. The zero-order valence-electron chi connectivity index (χ0n) is 14.1. The topological polar surface area (TPSA) is 93.2 Å². The fourth-order valence-corrected chi connectivity index (χ4v) is 2.51. The lowest BCUT2D eigenvalue weighted by molar-refractivity contribution is 0.0964. The van der Waals surface area contributed by atoms with E-state index in [1.54, 1.807) is 49.3 Å². The number of nitrogens with zero attached hydrogens (tertiary/aromatic N) is 3. The number of pyridine rings is 1. The van der Waals surface area contributed by atoms with Gasteiger partial charge in [0, 0.05) is 43.1 Å². The van der Waals surface area contributed by atoms with E-state index < -0.39 is 0 Å². The van der Waals surface area contributed by atoms with Crippen LogP contribution in [0.3, 0.4) is 0 Å². The number of fused-ring (bicyclic) bond motifs is 1. The second kappa shape index (κ2) is 6.64. The smallest absolute Gasteiger partial charge is 0.317 e. The van der Waals surface area contributed by atoms with Crippen molar-refractivity contribution < 1.29 is 9.59 Å². The van der Waals surface area contributed by atoms with Crippen molar-refractivity contribution in [1.82, 2.24) is 19.8 Å². The SMILES string of the molecule is CN(C)C(=O)NCc1cc(C(=O)n2ccc3cc(N)ccc32)ccn1. The van der Waals surface area contributed by atoms with Crippen LogP contribution in [0.2, 0.25) is 0 Å². The van der Waals surface area contributed by atoms with Crippen molar-refractivity contribution in [3.05, 3.63) is 60.0 Å². The van der Waals surface area contributed by atoms with Crippen molar-refractivity contribution in [2.75, 3.05) is 19.8 Å². The van der Waals surface area contributed by atoms with Crippen LogP contribution in [-0.4, -0.2) is 40.5 Å². The first-order valence-electron chi connectivity index (χ1n) is 7.77. The number of urea groups is 1. The van der Waals surface area contributed by atoms with Gasteiger partial charge < -0.3 is 16.0 Å². The molecule has 1 aromatic carbocycles. The standard InChI is InChI=1S/C18H19N5O2/c1-22(2)18(25)21-11-15-10-13(5-7-20-15)17(24)23-8-6-12-9-14(19)3-4-16(12)23/h3-10H,11,19H2,1-2H3,(H,21,25). The van der Waals surface area contributed by atoms with E-state index in [4.69, 9.17) is 5.73 Å². The first kappa shape index (κ1) is 16.5. The van der Waals surface area contributed by atoms with E-state index in [0.717, 1.165) is 10.9 Å². The number of rotatable bonds is 3. The Labute approximate surface area is 145 Å². The van der Waals surface area contributed by atoms with E-state index in [0.29, 0.717) is 16.9 Å². The zero-order valence-corrected chi connectivity index (χ0v) is 14.1. The summed E-state index contributed by atoms with van der Waals surface area (Å²) >= 11 is 0. The number of anilines is 1. The van der Waals surface area contributed by atoms with E-state index >= 15 is 0 Å². The maximum Gasteiger partial charge on any atom is 0.317 e. The Balaban J connectivity index is 1.84. The van der Waals surface area contributed by atoms with E-state index in [1.807, 2.05) is 18.2 Å². The summed E-state index contributed by atoms with van der Waals surface area (Å²) in [6.45, 7) is 0.251. The van der Waals surface area contributed by atoms with E-state index in [9.17, 15) is 9.59 Å². The Hall–Kier alpha value is -3.35. The molecule has 2 heterocycles. The van der Waals surface area contributed by atoms with Crippen LogP contribution in [0.5, 0.6) is 0 Å². The number of carbonyl (C=O) groups excluding carboxylic acids is 2. The third-order valence-corrected chi connectivity index (χ3v) is 3.82. The molecule has 0 aliphatic rings. The molecule has 7 heteroatoms. The van der Waals surface area contributed by atoms with Crippen LogP contribution in [0, 0.1) is 0 Å². The van der Waals surface area contributed by atoms with Gasteiger partial charge in [-0.1, -0.05) is 0 Å². The molecule has 0 bridgehead atoms. The first-order chi connectivity index (χ1) is 12.0. The van der Waals surface area contributed by atoms with Crippen LogP contribution < -0.4 is 11.1 Å². The molecule has 0 saturated heterocycles. The van der Waals surface area contributed by atoms with Gasteiger partial charge >= 0.3 is 6.03 Å². The van der Waals surface area contributed by atoms with Crippen LogP contribution in [0.4, 0.5) is 10.5 Å². The minimum Gasteiger partial charge on any atom is -0.399 e. The summed E-state index contributed by atoms with van der Waals surface area (Å²) in [7, 11) is 3.32. The molecule has 128 valence electrons. The van der Waals surface area contributed by atoms with Crippen molar-refractivity contribution in [3.63, 3.8) is 0 Å². The largest absolute Gasteiger partial charge is 0.399 e. The minimum atomic E-state index is -0.215. The summed E-state index contributed by atoms with van der Waals surface area (Å²) in [6.07, 6.45) is 3.29. The Bertz CT molecular complexity index is 946. The Kier molecular flexibility index (Phi) is 4.38. The van der Waals surface area contributed by atoms with Crippen LogP contribution in [0.15, 0.2) is 48.8 Å². The third kappa shape index (κ3) is 3.45. The van der Waals surface area contributed by atoms with Crippen LogP contribution >= 0.6 is 0 Å². The molecule has 0 atom stereocenters. The number of nitrogens with one attached hydrogen (secondary N) is 1. The summed E-state index contributed by atoms with van der Waals surface area (Å²) in [5.74, 6) is -0.164. The Morgan fingerprint density at radius 1 is 1.20 bits per heavy atom. The lowest BCUT2D eigenvalue weighted by Crippen LogP contribution is -2.34. The number of nitrogens with two attached hydrogens (primary N) is 1. The molecule has 25 heavy (non-hydrogen) atoms. The average Bonchev–Trinajstić information content (AvgIpc) is 3.02. The molecule has 7 nitrogen and oxygen atoms in total. The summed E-state index contributed by atoms with van der Waals surface area (Å²) in [6, 6.07) is 10.4. The molecule has 0 radical (unpaired) electrons. The van der Waals surface area contributed by atoms with E-state index in [-0.39, 0.29) is 18.5 Å². The van der Waals surface area contributed by atoms with E-state index in [1.165, 1.54) is 4.90 Å². The van der Waals surface area contributed by atoms with Gasteiger partial charge in [-0.25, -0.2) is 4.79 Å². The van der Waals surface area contributed by atoms with Crippen molar-refractivity contribution >= 4 is 28.5 Å². The molecule has 2 aromatic heterocycles. The van der Waals surface area contributed by atoms with Gasteiger partial charge in [0.1, 0.15) is 0 Å². The maximum absolute atomic E-state index is 12.8. The maximum atomic E-state index is 12.8. The second-order valence-electron chi connectivity index (χ2n) is 5.90. The van der Waals surface area contributed by atoms with Crippen LogP contribution in [0.1, 0.15) is 16.1 Å². The van der Waals surface area contributed by atoms with Crippen molar-refractivity contribution in [1.29, 1.82) is 0 Å².